The van der Waals surface area contributed by atoms with E-state index in [0.29, 0.717) is 5.95 Å². The fourth-order valence-electron chi connectivity index (χ4n) is 0.762. The first-order chi connectivity index (χ1) is 5.61. The number of amides is 1. The fraction of sp³-hybridized carbons (Fsp3) is 0.429. The molecule has 66 valence electrons. The van der Waals surface area contributed by atoms with Crippen molar-refractivity contribution in [3.63, 3.8) is 0 Å². The number of anilines is 1. The number of nitrogens with zero attached hydrogens (tertiary/aromatic N) is 3. The Labute approximate surface area is 70.8 Å². The Balaban J connectivity index is 2.64. The molecule has 1 amide bonds. The van der Waals surface area contributed by atoms with Crippen molar-refractivity contribution in [3.05, 3.63) is 12.4 Å². The van der Waals surface area contributed by atoms with Crippen LogP contribution in [-0.2, 0) is 11.3 Å². The van der Waals surface area contributed by atoms with Gasteiger partial charge in [0.15, 0.2) is 0 Å². The van der Waals surface area contributed by atoms with E-state index in [0.717, 1.165) is 0 Å². The molecule has 0 aromatic carbocycles. The van der Waals surface area contributed by atoms with Gasteiger partial charge in [-0.2, -0.15) is 0 Å². The molecule has 0 aliphatic heterocycles. The Morgan fingerprint density at radius 1 is 1.75 bits per heavy atom. The lowest BCUT2D eigenvalue weighted by molar-refractivity contribution is -0.129. The number of rotatable bonds is 2. The molecule has 0 radical (unpaired) electrons. The highest BCUT2D eigenvalue weighted by atomic mass is 16.2. The van der Waals surface area contributed by atoms with E-state index in [9.17, 15) is 4.79 Å². The Kier molecular flexibility index (Phi) is 2.32. The zero-order chi connectivity index (χ0) is 9.14. The van der Waals surface area contributed by atoms with Crippen molar-refractivity contribution in [2.75, 3.05) is 19.8 Å². The summed E-state index contributed by atoms with van der Waals surface area (Å²) in [7, 11) is 3.41. The molecule has 0 aliphatic rings. The van der Waals surface area contributed by atoms with Crippen LogP contribution in [0.15, 0.2) is 12.4 Å². The van der Waals surface area contributed by atoms with Crippen molar-refractivity contribution in [1.82, 2.24) is 14.5 Å². The molecule has 1 rings (SSSR count). The number of imidazole rings is 1. The van der Waals surface area contributed by atoms with Gasteiger partial charge in [-0.1, -0.05) is 0 Å². The van der Waals surface area contributed by atoms with Gasteiger partial charge in [-0.15, -0.1) is 0 Å². The fourth-order valence-corrected chi connectivity index (χ4v) is 0.762. The number of nitrogen functional groups attached to an aromatic ring is 1. The zero-order valence-electron chi connectivity index (χ0n) is 7.19. The second kappa shape index (κ2) is 3.25. The minimum atomic E-state index is -0.000278. The predicted octanol–water partition coefficient (Wildman–Crippen LogP) is -0.447. The van der Waals surface area contributed by atoms with Crippen LogP contribution in [0.5, 0.6) is 0 Å². The standard InChI is InChI=1S/C7H12N4O/c1-10(2)6(12)5-11-4-3-9-7(11)8/h3-4H,5H2,1-2H3,(H2,8,9). The topological polar surface area (TPSA) is 64.2 Å². The molecule has 0 atom stereocenters. The highest BCUT2D eigenvalue weighted by Crippen LogP contribution is 1.98. The van der Waals surface area contributed by atoms with E-state index >= 15 is 0 Å². The van der Waals surface area contributed by atoms with Gasteiger partial charge in [0, 0.05) is 26.5 Å². The largest absolute Gasteiger partial charge is 0.369 e. The van der Waals surface area contributed by atoms with Gasteiger partial charge >= 0.3 is 0 Å². The Morgan fingerprint density at radius 2 is 2.42 bits per heavy atom. The van der Waals surface area contributed by atoms with E-state index < -0.39 is 0 Å². The lowest BCUT2D eigenvalue weighted by Gasteiger charge is -2.10. The first-order valence-electron chi connectivity index (χ1n) is 3.58. The lowest BCUT2D eigenvalue weighted by atomic mass is 10.5. The number of hydrogen-bond donors (Lipinski definition) is 1. The first-order valence-corrected chi connectivity index (χ1v) is 3.58. The van der Waals surface area contributed by atoms with Crippen LogP contribution in [0.4, 0.5) is 5.95 Å². The van der Waals surface area contributed by atoms with Gasteiger partial charge in [0.25, 0.3) is 0 Å². The van der Waals surface area contributed by atoms with E-state index in [1.54, 1.807) is 31.1 Å². The third kappa shape index (κ3) is 1.75. The number of likely N-dealkylation sites (N-methyl/N-ethyl adjacent to an activating group) is 1. The lowest BCUT2D eigenvalue weighted by Crippen LogP contribution is -2.26. The first kappa shape index (κ1) is 8.58. The molecule has 0 unspecified atom stereocenters. The SMILES string of the molecule is CN(C)C(=O)Cn1ccnc1N. The Bertz CT molecular complexity index is 279. The maximum Gasteiger partial charge on any atom is 0.242 e. The maximum atomic E-state index is 11.2. The van der Waals surface area contributed by atoms with Crippen LogP contribution >= 0.6 is 0 Å². The van der Waals surface area contributed by atoms with Crippen LogP contribution in [0.25, 0.3) is 0 Å². The average molecular weight is 168 g/mol. The van der Waals surface area contributed by atoms with E-state index in [2.05, 4.69) is 4.98 Å². The van der Waals surface area contributed by atoms with Crippen LogP contribution < -0.4 is 5.73 Å². The highest BCUT2D eigenvalue weighted by Gasteiger charge is 2.06. The molecule has 0 saturated carbocycles. The number of nitrogens with two attached hydrogens (primary N) is 1. The van der Waals surface area contributed by atoms with Crippen molar-refractivity contribution in [3.8, 4) is 0 Å². The summed E-state index contributed by atoms with van der Waals surface area (Å²) in [5, 5.41) is 0. The van der Waals surface area contributed by atoms with Crippen LogP contribution in [0.3, 0.4) is 0 Å². The summed E-state index contributed by atoms with van der Waals surface area (Å²) in [6.07, 6.45) is 3.25. The molecule has 0 aliphatic carbocycles. The summed E-state index contributed by atoms with van der Waals surface area (Å²) in [5.74, 6) is 0.366. The third-order valence-corrected chi connectivity index (χ3v) is 1.55. The molecule has 5 heteroatoms. The molecule has 0 bridgehead atoms. The molecule has 0 spiro atoms. The van der Waals surface area contributed by atoms with Gasteiger partial charge < -0.3 is 15.2 Å². The quantitative estimate of drug-likeness (QED) is 0.650. The molecular formula is C7H12N4O. The zero-order valence-corrected chi connectivity index (χ0v) is 7.19. The molecule has 0 fully saturated rings. The summed E-state index contributed by atoms with van der Waals surface area (Å²) in [6.45, 7) is 0.249. The van der Waals surface area contributed by atoms with Crippen molar-refractivity contribution < 1.29 is 4.79 Å². The van der Waals surface area contributed by atoms with Gasteiger partial charge in [0.2, 0.25) is 11.9 Å². The molecule has 1 aromatic rings. The molecule has 0 saturated heterocycles. The Hall–Kier alpha value is -1.52. The van der Waals surface area contributed by atoms with Gasteiger partial charge in [-0.05, 0) is 0 Å². The highest BCUT2D eigenvalue weighted by molar-refractivity contribution is 5.75. The predicted molar refractivity (Wildman–Crippen MR) is 45.3 cm³/mol. The van der Waals surface area contributed by atoms with Gasteiger partial charge in [0.1, 0.15) is 6.54 Å². The molecule has 1 aromatic heterocycles. The van der Waals surface area contributed by atoms with Crippen molar-refractivity contribution in [2.24, 2.45) is 0 Å². The van der Waals surface area contributed by atoms with Gasteiger partial charge in [0.05, 0.1) is 0 Å². The van der Waals surface area contributed by atoms with Gasteiger partial charge in [-0.25, -0.2) is 4.98 Å². The monoisotopic (exact) mass is 168 g/mol. The molecule has 12 heavy (non-hydrogen) atoms. The molecule has 5 nitrogen and oxygen atoms in total. The smallest absolute Gasteiger partial charge is 0.242 e. The molecule has 2 N–H and O–H groups in total. The number of aromatic nitrogens is 2. The van der Waals surface area contributed by atoms with Crippen LogP contribution in [0.2, 0.25) is 0 Å². The maximum absolute atomic E-state index is 11.2. The minimum absolute atomic E-state index is 0.000278. The van der Waals surface area contributed by atoms with E-state index in [4.69, 9.17) is 5.73 Å². The average Bonchev–Trinajstić information content (AvgIpc) is 2.36. The summed E-state index contributed by atoms with van der Waals surface area (Å²) in [4.78, 5) is 16.5. The summed E-state index contributed by atoms with van der Waals surface area (Å²) < 4.78 is 1.60. The second-order valence-electron chi connectivity index (χ2n) is 2.70. The summed E-state index contributed by atoms with van der Waals surface area (Å²) in [6, 6.07) is 0. The normalized spacial score (nSPS) is 9.83. The number of carbonyl (C=O) groups is 1. The van der Waals surface area contributed by atoms with E-state index in [1.807, 2.05) is 0 Å². The van der Waals surface area contributed by atoms with E-state index in [1.165, 1.54) is 4.90 Å². The third-order valence-electron chi connectivity index (χ3n) is 1.55. The van der Waals surface area contributed by atoms with Crippen LogP contribution in [-0.4, -0.2) is 34.5 Å². The van der Waals surface area contributed by atoms with Crippen molar-refractivity contribution in [1.29, 1.82) is 0 Å². The van der Waals surface area contributed by atoms with E-state index in [-0.39, 0.29) is 12.5 Å². The summed E-state index contributed by atoms with van der Waals surface area (Å²) >= 11 is 0. The van der Waals surface area contributed by atoms with Crippen molar-refractivity contribution >= 4 is 11.9 Å². The number of carbonyl (C=O) groups excluding carboxylic acids is 1. The van der Waals surface area contributed by atoms with Crippen molar-refractivity contribution in [2.45, 2.75) is 6.54 Å². The molecule has 1 heterocycles. The summed E-state index contributed by atoms with van der Waals surface area (Å²) in [5.41, 5.74) is 5.47. The van der Waals surface area contributed by atoms with Gasteiger partial charge in [-0.3, -0.25) is 4.79 Å². The number of hydrogen-bond acceptors (Lipinski definition) is 3. The molecular weight excluding hydrogens is 156 g/mol. The van der Waals surface area contributed by atoms with Crippen LogP contribution in [0.1, 0.15) is 0 Å². The van der Waals surface area contributed by atoms with Crippen LogP contribution in [0, 0.1) is 0 Å². The Morgan fingerprint density at radius 3 is 2.83 bits per heavy atom. The minimum Gasteiger partial charge on any atom is -0.369 e. The second-order valence-corrected chi connectivity index (χ2v) is 2.70.